The van der Waals surface area contributed by atoms with Crippen LogP contribution in [0.2, 0.25) is 0 Å². The number of nitrogens with one attached hydrogen (secondary N) is 4. The third kappa shape index (κ3) is 6.36. The van der Waals surface area contributed by atoms with Crippen LogP contribution in [0, 0.1) is 11.3 Å². The van der Waals surface area contributed by atoms with Gasteiger partial charge in [0.2, 0.25) is 5.91 Å². The number of hydrogen-bond acceptors (Lipinski definition) is 10. The van der Waals surface area contributed by atoms with E-state index in [1.54, 1.807) is 6.33 Å². The van der Waals surface area contributed by atoms with E-state index in [1.165, 1.54) is 16.7 Å². The fraction of sp³-hybridized carbons (Fsp3) is 0.628. The molecule has 0 radical (unpaired) electrons. The first-order valence-electron chi connectivity index (χ1n) is 20.8. The lowest BCUT2D eigenvalue weighted by Gasteiger charge is -2.55. The van der Waals surface area contributed by atoms with Crippen molar-refractivity contribution in [2.24, 2.45) is 11.3 Å². The van der Waals surface area contributed by atoms with Crippen molar-refractivity contribution >= 4 is 46.0 Å². The number of unbranched alkanes of at least 4 members (excludes halogenated alkanes) is 2. The van der Waals surface area contributed by atoms with E-state index < -0.39 is 23.4 Å². The normalized spacial score (nSPS) is 36.5. The first-order chi connectivity index (χ1) is 27.0. The van der Waals surface area contributed by atoms with Crippen LogP contribution in [0.4, 0.5) is 10.6 Å². The molecular formula is C43H57N7O5S. The third-order valence-corrected chi connectivity index (χ3v) is 15.8. The Labute approximate surface area is 333 Å². The zero-order chi connectivity index (χ0) is 38.8. The molecule has 12 nitrogen and oxygen atoms in total. The lowest BCUT2D eigenvalue weighted by atomic mass is 9.58. The van der Waals surface area contributed by atoms with Crippen molar-refractivity contribution in [2.45, 2.75) is 124 Å². The number of anilines is 1. The molecule has 3 aliphatic carbocycles. The van der Waals surface area contributed by atoms with Gasteiger partial charge in [-0.05, 0) is 106 Å². The lowest BCUT2D eigenvalue weighted by Crippen LogP contribution is -2.61. The summed E-state index contributed by atoms with van der Waals surface area (Å²) in [5.74, 6) is 2.16. The number of nitrogens with zero attached hydrogens (tertiary/aromatic N) is 3. The van der Waals surface area contributed by atoms with Crippen molar-refractivity contribution in [2.75, 3.05) is 38.3 Å². The first kappa shape index (κ1) is 38.1. The molecule has 9 rings (SSSR count). The molecule has 4 aliphatic heterocycles. The van der Waals surface area contributed by atoms with Crippen LogP contribution in [0.1, 0.15) is 83.1 Å². The maximum Gasteiger partial charge on any atom is 0.315 e. The van der Waals surface area contributed by atoms with E-state index in [-0.39, 0.29) is 41.4 Å². The fourth-order valence-electron chi connectivity index (χ4n) is 11.4. The van der Waals surface area contributed by atoms with Crippen LogP contribution in [-0.4, -0.2) is 117 Å². The fourth-order valence-corrected chi connectivity index (χ4v) is 12.9. The zero-order valence-corrected chi connectivity index (χ0v) is 33.7. The average molecular weight is 784 g/mol. The standard InChI is InChI=1S/C43H57N7O5S/c1-41-15-14-26-21-29-37(52)38(53)32(50(2)3)22-42(29)16-17-43(26,55-42)34(41)13-11-28(41)25-10-12-30-27(20-25)39(47-24-46-30)45-19-7-6-18-44-35(51)9-5-4-8-33-36-31(23-56-33)48-40(54)49-36/h10-12,14,20-21,24,31-34,36-38,52-53H,4-9,13,15-19,22-23H2,1-3H3,(H,44,51)(H,45,46,47)(H2,48,49,54)/t31?,32-,33?,34+,36?,37+,38+,41+,42+,43+/m0/s1. The van der Waals surface area contributed by atoms with Gasteiger partial charge in [-0.25, -0.2) is 14.8 Å². The van der Waals surface area contributed by atoms with Gasteiger partial charge in [0.05, 0.1) is 34.9 Å². The quantitative estimate of drug-likeness (QED) is 0.124. The van der Waals surface area contributed by atoms with Gasteiger partial charge in [-0.1, -0.05) is 37.6 Å². The molecule has 10 atom stereocenters. The smallest absolute Gasteiger partial charge is 0.315 e. The van der Waals surface area contributed by atoms with Crippen LogP contribution >= 0.6 is 11.8 Å². The molecule has 300 valence electrons. The number of carbonyl (C=O) groups excluding carboxylic acids is 2. The van der Waals surface area contributed by atoms with E-state index in [0.717, 1.165) is 92.4 Å². The number of aliphatic hydroxyl groups is 2. The Kier molecular flexibility index (Phi) is 10.00. The number of allylic oxidation sites excluding steroid dienone is 3. The molecule has 3 unspecified atom stereocenters. The molecule has 6 N–H and O–H groups in total. The van der Waals surface area contributed by atoms with Crippen molar-refractivity contribution in [1.29, 1.82) is 0 Å². The summed E-state index contributed by atoms with van der Waals surface area (Å²) >= 11 is 1.92. The molecule has 2 spiro atoms. The number of aromatic nitrogens is 2. The van der Waals surface area contributed by atoms with Crippen molar-refractivity contribution in [3.05, 3.63) is 59.5 Å². The number of benzene rings is 1. The zero-order valence-electron chi connectivity index (χ0n) is 32.9. The van der Waals surface area contributed by atoms with E-state index in [1.807, 2.05) is 30.8 Å². The van der Waals surface area contributed by atoms with Crippen LogP contribution in [0.15, 0.2) is 53.9 Å². The van der Waals surface area contributed by atoms with E-state index in [0.29, 0.717) is 24.6 Å². The molecule has 1 saturated carbocycles. The van der Waals surface area contributed by atoms with Gasteiger partial charge >= 0.3 is 6.03 Å². The van der Waals surface area contributed by atoms with Crippen molar-refractivity contribution in [3.63, 3.8) is 0 Å². The molecule has 1 aromatic carbocycles. The highest BCUT2D eigenvalue weighted by atomic mass is 32.2. The summed E-state index contributed by atoms with van der Waals surface area (Å²) in [6, 6.07) is 6.79. The van der Waals surface area contributed by atoms with Crippen LogP contribution in [-0.2, 0) is 9.53 Å². The molecule has 1 aromatic heterocycles. The van der Waals surface area contributed by atoms with Gasteiger partial charge in [-0.15, -0.1) is 0 Å². The molecular weight excluding hydrogens is 727 g/mol. The first-order valence-corrected chi connectivity index (χ1v) is 21.9. The topological polar surface area (TPSA) is 161 Å². The molecule has 3 amide bonds. The highest BCUT2D eigenvalue weighted by molar-refractivity contribution is 8.00. The van der Waals surface area contributed by atoms with E-state index in [4.69, 9.17) is 4.74 Å². The molecule has 7 aliphatic rings. The number of carbonyl (C=O) groups is 2. The van der Waals surface area contributed by atoms with Gasteiger partial charge in [-0.3, -0.25) is 4.79 Å². The lowest BCUT2D eigenvalue weighted by molar-refractivity contribution is -0.161. The third-order valence-electron chi connectivity index (χ3n) is 14.3. The Bertz CT molecular complexity index is 1990. The Balaban J connectivity index is 0.797. The molecule has 5 heterocycles. The molecule has 2 aromatic rings. The number of aliphatic hydroxyl groups excluding tert-OH is 2. The number of urea groups is 1. The van der Waals surface area contributed by atoms with Crippen molar-refractivity contribution < 1.29 is 24.5 Å². The molecule has 56 heavy (non-hydrogen) atoms. The number of rotatable bonds is 13. The molecule has 2 bridgehead atoms. The molecule has 4 fully saturated rings. The van der Waals surface area contributed by atoms with Gasteiger partial charge in [0.1, 0.15) is 18.2 Å². The highest BCUT2D eigenvalue weighted by Gasteiger charge is 2.67. The predicted molar refractivity (Wildman–Crippen MR) is 219 cm³/mol. The van der Waals surface area contributed by atoms with Gasteiger partial charge in [-0.2, -0.15) is 11.8 Å². The summed E-state index contributed by atoms with van der Waals surface area (Å²) in [4.78, 5) is 35.4. The van der Waals surface area contributed by atoms with Gasteiger partial charge < -0.3 is 41.1 Å². The second kappa shape index (κ2) is 14.7. The maximum absolute atomic E-state index is 12.5. The highest BCUT2D eigenvalue weighted by Crippen LogP contribution is 2.67. The number of fused-ring (bicyclic) bond motifs is 3. The van der Waals surface area contributed by atoms with Crippen LogP contribution in [0.5, 0.6) is 0 Å². The summed E-state index contributed by atoms with van der Waals surface area (Å²) in [5.41, 5.74) is 4.38. The number of amides is 3. The Morgan fingerprint density at radius 1 is 1.09 bits per heavy atom. The average Bonchev–Trinajstić information content (AvgIpc) is 3.93. The van der Waals surface area contributed by atoms with Gasteiger partial charge in [0.25, 0.3) is 0 Å². The van der Waals surface area contributed by atoms with E-state index in [2.05, 4.69) is 74.6 Å². The SMILES string of the molecule is CN(C)[C@H]1C[C@@]23CC[C@@]4(O2)C(=CC[C@]2(C)C(c5ccc6ncnc(NCCCCNC(=O)CCCCC7SCC8NC(=O)NC87)c6c5)=CC[C@H]24)C=C3[C@@H](O)[C@@H]1O. The number of thioether (sulfide) groups is 1. The van der Waals surface area contributed by atoms with Crippen molar-refractivity contribution in [3.8, 4) is 0 Å². The van der Waals surface area contributed by atoms with Crippen molar-refractivity contribution in [1.82, 2.24) is 30.8 Å². The Morgan fingerprint density at radius 3 is 2.80 bits per heavy atom. The molecule has 3 saturated heterocycles. The molecule has 13 heteroatoms. The minimum absolute atomic E-state index is 0.0523. The maximum atomic E-state index is 12.5. The summed E-state index contributed by atoms with van der Waals surface area (Å²) in [7, 11) is 3.95. The Hall–Kier alpha value is -3.49. The monoisotopic (exact) mass is 783 g/mol. The van der Waals surface area contributed by atoms with E-state index >= 15 is 0 Å². The van der Waals surface area contributed by atoms with Gasteiger partial charge in [0.15, 0.2) is 0 Å². The minimum Gasteiger partial charge on any atom is -0.388 e. The number of likely N-dealkylation sites (N-methyl/N-ethyl adjacent to an activating group) is 1. The minimum atomic E-state index is -0.930. The van der Waals surface area contributed by atoms with Crippen LogP contribution in [0.3, 0.4) is 0 Å². The second-order valence-electron chi connectivity index (χ2n) is 17.7. The summed E-state index contributed by atoms with van der Waals surface area (Å²) < 4.78 is 7.34. The largest absolute Gasteiger partial charge is 0.388 e. The van der Waals surface area contributed by atoms with Gasteiger partial charge in [0, 0.05) is 53.3 Å². The number of hydrogen-bond donors (Lipinski definition) is 6. The second-order valence-corrected chi connectivity index (χ2v) is 19.0. The summed E-state index contributed by atoms with van der Waals surface area (Å²) in [6.07, 6.45) is 16.2. The van der Waals surface area contributed by atoms with Crippen LogP contribution < -0.4 is 21.3 Å². The summed E-state index contributed by atoms with van der Waals surface area (Å²) in [5, 5.41) is 36.5. The van der Waals surface area contributed by atoms with E-state index in [9.17, 15) is 19.8 Å². The Morgan fingerprint density at radius 2 is 1.95 bits per heavy atom. The number of ether oxygens (including phenoxy) is 1. The predicted octanol–water partition coefficient (Wildman–Crippen LogP) is 4.69. The van der Waals surface area contributed by atoms with Crippen LogP contribution in [0.25, 0.3) is 16.5 Å². The summed E-state index contributed by atoms with van der Waals surface area (Å²) in [6.45, 7) is 3.80.